The fourth-order valence-electron chi connectivity index (χ4n) is 3.90. The molecular weight excluding hydrogens is 304 g/mol. The Balaban J connectivity index is 1.70. The molecule has 2 aromatic heterocycles. The largest absolute Gasteiger partial charge is 0.369 e. The van der Waals surface area contributed by atoms with E-state index in [0.717, 1.165) is 36.5 Å². The molecule has 0 bridgehead atoms. The van der Waals surface area contributed by atoms with Gasteiger partial charge in [-0.2, -0.15) is 5.10 Å². The molecule has 0 saturated heterocycles. The number of rotatable bonds is 2. The fraction of sp³-hybridized carbons (Fsp3) is 0.556. The van der Waals surface area contributed by atoms with Crippen LogP contribution in [-0.2, 0) is 30.8 Å². The van der Waals surface area contributed by atoms with Crippen LogP contribution in [0.4, 0.5) is 0 Å². The molecule has 2 atom stereocenters. The summed E-state index contributed by atoms with van der Waals surface area (Å²) in [4.78, 5) is 15.2. The summed E-state index contributed by atoms with van der Waals surface area (Å²) in [6.45, 7) is 9.06. The fourth-order valence-corrected chi connectivity index (χ4v) is 3.90. The van der Waals surface area contributed by atoms with Crippen molar-refractivity contribution in [2.24, 2.45) is 0 Å². The lowest BCUT2D eigenvalue weighted by atomic mass is 9.99. The molecule has 6 heteroatoms. The zero-order chi connectivity index (χ0) is 16.8. The van der Waals surface area contributed by atoms with Crippen molar-refractivity contribution >= 4 is 5.91 Å². The van der Waals surface area contributed by atoms with Crippen molar-refractivity contribution in [2.75, 3.05) is 6.54 Å². The van der Waals surface area contributed by atoms with E-state index in [4.69, 9.17) is 4.74 Å². The Morgan fingerprint density at radius 3 is 3.00 bits per heavy atom. The van der Waals surface area contributed by atoms with Crippen LogP contribution in [0, 0.1) is 0 Å². The maximum absolute atomic E-state index is 13.3. The molecule has 24 heavy (non-hydrogen) atoms. The smallest absolute Gasteiger partial charge is 0.272 e. The van der Waals surface area contributed by atoms with Crippen LogP contribution in [0.15, 0.2) is 18.3 Å². The molecule has 0 fully saturated rings. The topological polar surface area (TPSA) is 52.3 Å². The number of carbonyl (C=O) groups excluding carboxylic acids is 1. The minimum Gasteiger partial charge on any atom is -0.369 e. The average Bonchev–Trinajstić information content (AvgIpc) is 3.17. The first-order valence-electron chi connectivity index (χ1n) is 8.76. The molecule has 2 aliphatic rings. The summed E-state index contributed by atoms with van der Waals surface area (Å²) in [6, 6.07) is 4.13. The molecule has 0 saturated carbocycles. The van der Waals surface area contributed by atoms with Gasteiger partial charge in [0.15, 0.2) is 0 Å². The highest BCUT2D eigenvalue weighted by Crippen LogP contribution is 2.32. The Kier molecular flexibility index (Phi) is 3.72. The minimum atomic E-state index is -0.0540. The summed E-state index contributed by atoms with van der Waals surface area (Å²) in [7, 11) is 0. The molecule has 4 rings (SSSR count). The zero-order valence-corrected chi connectivity index (χ0v) is 14.5. The summed E-state index contributed by atoms with van der Waals surface area (Å²) in [5.41, 5.74) is 3.96. The molecule has 4 heterocycles. The SMILES string of the molecule is CCn1nc2c(c1C(=O)N1CCn3cccc3C1)C[C@H](C)O[C@@H]2C. The number of fused-ring (bicyclic) bond motifs is 2. The van der Waals surface area contributed by atoms with Crippen molar-refractivity contribution in [2.45, 2.75) is 59.0 Å². The van der Waals surface area contributed by atoms with Crippen LogP contribution in [0.5, 0.6) is 0 Å². The third-order valence-electron chi connectivity index (χ3n) is 5.07. The van der Waals surface area contributed by atoms with Crippen molar-refractivity contribution in [1.29, 1.82) is 0 Å². The summed E-state index contributed by atoms with van der Waals surface area (Å²) < 4.78 is 9.96. The van der Waals surface area contributed by atoms with E-state index in [1.165, 1.54) is 5.69 Å². The van der Waals surface area contributed by atoms with Crippen LogP contribution >= 0.6 is 0 Å². The lowest BCUT2D eigenvalue weighted by molar-refractivity contribution is -0.00717. The summed E-state index contributed by atoms with van der Waals surface area (Å²) in [5.74, 6) is 0.0966. The van der Waals surface area contributed by atoms with Gasteiger partial charge in [0.05, 0.1) is 24.4 Å². The second-order valence-corrected chi connectivity index (χ2v) is 6.74. The highest BCUT2D eigenvalue weighted by Gasteiger charge is 2.34. The van der Waals surface area contributed by atoms with E-state index in [9.17, 15) is 4.79 Å². The van der Waals surface area contributed by atoms with Gasteiger partial charge >= 0.3 is 0 Å². The van der Waals surface area contributed by atoms with Crippen LogP contribution in [0.25, 0.3) is 0 Å². The molecule has 0 radical (unpaired) electrons. The van der Waals surface area contributed by atoms with Crippen LogP contribution < -0.4 is 0 Å². The van der Waals surface area contributed by atoms with Crippen molar-refractivity contribution in [3.05, 3.63) is 41.0 Å². The molecule has 0 unspecified atom stereocenters. The van der Waals surface area contributed by atoms with Crippen molar-refractivity contribution in [3.63, 3.8) is 0 Å². The predicted octanol–water partition coefficient (Wildman–Crippen LogP) is 2.38. The Hall–Kier alpha value is -2.08. The number of carbonyl (C=O) groups is 1. The number of amides is 1. The molecule has 0 aliphatic carbocycles. The van der Waals surface area contributed by atoms with Gasteiger partial charge in [0.1, 0.15) is 5.69 Å². The van der Waals surface area contributed by atoms with E-state index in [1.807, 2.05) is 29.5 Å². The van der Waals surface area contributed by atoms with Gasteiger partial charge in [-0.25, -0.2) is 0 Å². The van der Waals surface area contributed by atoms with Gasteiger partial charge in [0.2, 0.25) is 0 Å². The predicted molar refractivity (Wildman–Crippen MR) is 89.7 cm³/mol. The first kappa shape index (κ1) is 15.4. The van der Waals surface area contributed by atoms with Crippen molar-refractivity contribution < 1.29 is 9.53 Å². The maximum Gasteiger partial charge on any atom is 0.272 e. The number of hydrogen-bond acceptors (Lipinski definition) is 3. The van der Waals surface area contributed by atoms with E-state index < -0.39 is 0 Å². The number of hydrogen-bond donors (Lipinski definition) is 0. The van der Waals surface area contributed by atoms with E-state index in [0.29, 0.717) is 13.1 Å². The van der Waals surface area contributed by atoms with Gasteiger partial charge in [-0.3, -0.25) is 9.48 Å². The van der Waals surface area contributed by atoms with Crippen LogP contribution in [0.2, 0.25) is 0 Å². The van der Waals surface area contributed by atoms with Gasteiger partial charge in [-0.1, -0.05) is 0 Å². The zero-order valence-electron chi connectivity index (χ0n) is 14.5. The average molecular weight is 328 g/mol. The second-order valence-electron chi connectivity index (χ2n) is 6.74. The lowest BCUT2D eigenvalue weighted by Crippen LogP contribution is -2.39. The van der Waals surface area contributed by atoms with Gasteiger partial charge in [-0.15, -0.1) is 0 Å². The Labute approximate surface area is 142 Å². The third kappa shape index (κ3) is 2.36. The molecule has 128 valence electrons. The number of aryl methyl sites for hydroxylation is 1. The van der Waals surface area contributed by atoms with Crippen molar-refractivity contribution in [3.8, 4) is 0 Å². The monoisotopic (exact) mass is 328 g/mol. The van der Waals surface area contributed by atoms with Crippen LogP contribution in [0.1, 0.15) is 54.3 Å². The van der Waals surface area contributed by atoms with E-state index in [-0.39, 0.29) is 18.1 Å². The van der Waals surface area contributed by atoms with Crippen molar-refractivity contribution in [1.82, 2.24) is 19.2 Å². The summed E-state index contributed by atoms with van der Waals surface area (Å²) in [5, 5.41) is 4.67. The van der Waals surface area contributed by atoms with E-state index >= 15 is 0 Å². The molecule has 6 nitrogen and oxygen atoms in total. The van der Waals surface area contributed by atoms with Gasteiger partial charge in [-0.05, 0) is 32.9 Å². The van der Waals surface area contributed by atoms with Gasteiger partial charge in [0, 0.05) is 43.5 Å². The molecule has 0 N–H and O–H groups in total. The van der Waals surface area contributed by atoms with Crippen LogP contribution in [-0.4, -0.2) is 37.8 Å². The Morgan fingerprint density at radius 1 is 1.38 bits per heavy atom. The molecule has 0 aromatic carbocycles. The Bertz CT molecular complexity index is 776. The summed E-state index contributed by atoms with van der Waals surface area (Å²) >= 11 is 0. The number of ether oxygens (including phenoxy) is 1. The van der Waals surface area contributed by atoms with E-state index in [1.54, 1.807) is 0 Å². The number of aromatic nitrogens is 3. The van der Waals surface area contributed by atoms with Gasteiger partial charge < -0.3 is 14.2 Å². The minimum absolute atomic E-state index is 0.0540. The molecule has 1 amide bonds. The van der Waals surface area contributed by atoms with Gasteiger partial charge in [0.25, 0.3) is 5.91 Å². The Morgan fingerprint density at radius 2 is 2.21 bits per heavy atom. The number of nitrogens with zero attached hydrogens (tertiary/aromatic N) is 4. The second kappa shape index (κ2) is 5.77. The molecule has 2 aliphatic heterocycles. The maximum atomic E-state index is 13.3. The quantitative estimate of drug-likeness (QED) is 0.850. The third-order valence-corrected chi connectivity index (χ3v) is 5.07. The highest BCUT2D eigenvalue weighted by molar-refractivity contribution is 5.94. The highest BCUT2D eigenvalue weighted by atomic mass is 16.5. The molecular formula is C18H24N4O2. The lowest BCUT2D eigenvalue weighted by Gasteiger charge is -2.30. The molecule has 0 spiro atoms. The first-order valence-corrected chi connectivity index (χ1v) is 8.76. The standard InChI is InChI=1S/C18H24N4O2/c1-4-22-17(15-10-12(2)24-13(3)16(15)19-22)18(23)21-9-8-20-7-5-6-14(20)11-21/h5-7,12-13H,4,8-11H2,1-3H3/t12-,13+/m0/s1. The summed E-state index contributed by atoms with van der Waals surface area (Å²) in [6.07, 6.45) is 2.90. The normalized spacial score (nSPS) is 23.0. The first-order chi connectivity index (χ1) is 11.6. The van der Waals surface area contributed by atoms with Crippen LogP contribution in [0.3, 0.4) is 0 Å². The molecule has 2 aromatic rings. The van der Waals surface area contributed by atoms with E-state index in [2.05, 4.69) is 28.9 Å².